The van der Waals surface area contributed by atoms with Gasteiger partial charge < -0.3 is 0 Å². The maximum atomic E-state index is 5.56. The van der Waals surface area contributed by atoms with Gasteiger partial charge in [0.2, 0.25) is 0 Å². The van der Waals surface area contributed by atoms with E-state index in [1.54, 1.807) is 10.9 Å². The second-order valence-electron chi connectivity index (χ2n) is 3.81. The van der Waals surface area contributed by atoms with E-state index in [2.05, 4.69) is 31.4 Å². The summed E-state index contributed by atoms with van der Waals surface area (Å²) in [6, 6.07) is 5.84. The van der Waals surface area contributed by atoms with Gasteiger partial charge >= 0.3 is 0 Å². The van der Waals surface area contributed by atoms with Gasteiger partial charge in [-0.15, -0.1) is 0 Å². The number of hydrogen-bond acceptors (Lipinski definition) is 4. The smallest absolute Gasteiger partial charge is 0.0688 e. The predicted octanol–water partition coefficient (Wildman–Crippen LogP) is 1.32. The van der Waals surface area contributed by atoms with Gasteiger partial charge in [0.25, 0.3) is 0 Å². The quantitative estimate of drug-likeness (QED) is 0.659. The van der Waals surface area contributed by atoms with Gasteiger partial charge in [0, 0.05) is 30.3 Å². The molecule has 1 atom stereocenters. The van der Waals surface area contributed by atoms with Crippen LogP contribution in [0.4, 0.5) is 0 Å². The lowest BCUT2D eigenvalue weighted by Crippen LogP contribution is -2.30. The lowest BCUT2D eigenvalue weighted by Gasteiger charge is -2.13. The number of nitrogens with zero attached hydrogens (tertiary/aromatic N) is 3. The van der Waals surface area contributed by atoms with Gasteiger partial charge in [0.15, 0.2) is 0 Å². The van der Waals surface area contributed by atoms with Crippen LogP contribution in [-0.4, -0.2) is 14.8 Å². The number of halogens is 1. The van der Waals surface area contributed by atoms with E-state index in [9.17, 15) is 0 Å². The number of hydrazine groups is 1. The first-order valence-corrected chi connectivity index (χ1v) is 6.04. The molecule has 0 aliphatic rings. The van der Waals surface area contributed by atoms with Gasteiger partial charge in [0.1, 0.15) is 0 Å². The van der Waals surface area contributed by atoms with Gasteiger partial charge in [0.05, 0.1) is 17.4 Å². The normalized spacial score (nSPS) is 12.6. The Labute approximate surface area is 108 Å². The Bertz CT molecular complexity index is 479. The fourth-order valence-electron chi connectivity index (χ4n) is 1.62. The third-order valence-corrected chi connectivity index (χ3v) is 2.96. The van der Waals surface area contributed by atoms with E-state index in [4.69, 9.17) is 5.84 Å². The SMILES string of the molecule is Cn1ccc(CC(NN)c2ccc(Br)cn2)n1. The number of aromatic nitrogens is 3. The minimum absolute atomic E-state index is 0.0296. The van der Waals surface area contributed by atoms with E-state index in [1.807, 2.05) is 31.4 Å². The summed E-state index contributed by atoms with van der Waals surface area (Å²) in [7, 11) is 1.90. The summed E-state index contributed by atoms with van der Waals surface area (Å²) in [6.45, 7) is 0. The Morgan fingerprint density at radius 2 is 2.29 bits per heavy atom. The van der Waals surface area contributed by atoms with Crippen molar-refractivity contribution in [1.82, 2.24) is 20.2 Å². The first-order valence-electron chi connectivity index (χ1n) is 5.25. The highest BCUT2D eigenvalue weighted by Crippen LogP contribution is 2.16. The summed E-state index contributed by atoms with van der Waals surface area (Å²) in [5.41, 5.74) is 4.66. The highest BCUT2D eigenvalue weighted by atomic mass is 79.9. The first kappa shape index (κ1) is 12.2. The molecule has 0 spiro atoms. The van der Waals surface area contributed by atoms with Crippen LogP contribution in [0.5, 0.6) is 0 Å². The minimum atomic E-state index is -0.0296. The zero-order chi connectivity index (χ0) is 12.3. The lowest BCUT2D eigenvalue weighted by atomic mass is 10.1. The summed E-state index contributed by atoms with van der Waals surface area (Å²) in [5.74, 6) is 5.56. The molecule has 0 saturated carbocycles. The van der Waals surface area contributed by atoms with Crippen molar-refractivity contribution in [2.75, 3.05) is 0 Å². The summed E-state index contributed by atoms with van der Waals surface area (Å²) in [4.78, 5) is 4.33. The number of hydrogen-bond donors (Lipinski definition) is 2. The summed E-state index contributed by atoms with van der Waals surface area (Å²) in [5, 5.41) is 4.33. The van der Waals surface area contributed by atoms with Crippen LogP contribution in [-0.2, 0) is 13.5 Å². The van der Waals surface area contributed by atoms with Crippen LogP contribution in [0.25, 0.3) is 0 Å². The molecular formula is C11H14BrN5. The van der Waals surface area contributed by atoms with Crippen molar-refractivity contribution >= 4 is 15.9 Å². The van der Waals surface area contributed by atoms with Crippen molar-refractivity contribution in [1.29, 1.82) is 0 Å². The zero-order valence-electron chi connectivity index (χ0n) is 9.47. The molecule has 0 bridgehead atoms. The second-order valence-corrected chi connectivity index (χ2v) is 4.72. The largest absolute Gasteiger partial charge is 0.276 e. The van der Waals surface area contributed by atoms with E-state index in [0.717, 1.165) is 15.9 Å². The maximum Gasteiger partial charge on any atom is 0.0688 e. The topological polar surface area (TPSA) is 68.8 Å². The molecule has 2 rings (SSSR count). The molecular weight excluding hydrogens is 282 g/mol. The average molecular weight is 296 g/mol. The van der Waals surface area contributed by atoms with Crippen LogP contribution in [0.1, 0.15) is 17.4 Å². The molecule has 17 heavy (non-hydrogen) atoms. The van der Waals surface area contributed by atoms with Crippen molar-refractivity contribution in [2.24, 2.45) is 12.9 Å². The number of nitrogens with two attached hydrogens (primary N) is 1. The maximum absolute atomic E-state index is 5.56. The summed E-state index contributed by atoms with van der Waals surface area (Å²) >= 11 is 3.36. The Kier molecular flexibility index (Phi) is 3.88. The van der Waals surface area contributed by atoms with Crippen molar-refractivity contribution in [3.05, 3.63) is 46.5 Å². The number of aryl methyl sites for hydroxylation is 1. The Morgan fingerprint density at radius 1 is 1.47 bits per heavy atom. The molecule has 1 unspecified atom stereocenters. The minimum Gasteiger partial charge on any atom is -0.276 e. The lowest BCUT2D eigenvalue weighted by molar-refractivity contribution is 0.528. The molecule has 2 heterocycles. The van der Waals surface area contributed by atoms with Crippen LogP contribution < -0.4 is 11.3 Å². The molecule has 0 fully saturated rings. The van der Waals surface area contributed by atoms with E-state index in [1.165, 1.54) is 0 Å². The highest BCUT2D eigenvalue weighted by Gasteiger charge is 2.13. The molecule has 6 heteroatoms. The second kappa shape index (κ2) is 5.39. The van der Waals surface area contributed by atoms with Gasteiger partial charge in [-0.1, -0.05) is 0 Å². The number of nitrogens with one attached hydrogen (secondary N) is 1. The van der Waals surface area contributed by atoms with Crippen molar-refractivity contribution in [3.63, 3.8) is 0 Å². The third-order valence-electron chi connectivity index (χ3n) is 2.49. The van der Waals surface area contributed by atoms with E-state index in [-0.39, 0.29) is 6.04 Å². The molecule has 0 aromatic carbocycles. The number of pyridine rings is 1. The Morgan fingerprint density at radius 3 is 2.82 bits per heavy atom. The molecule has 0 aliphatic heterocycles. The fourth-order valence-corrected chi connectivity index (χ4v) is 1.86. The predicted molar refractivity (Wildman–Crippen MR) is 68.9 cm³/mol. The molecule has 2 aromatic heterocycles. The zero-order valence-corrected chi connectivity index (χ0v) is 11.1. The third kappa shape index (κ3) is 3.12. The van der Waals surface area contributed by atoms with Crippen LogP contribution in [0.3, 0.4) is 0 Å². The van der Waals surface area contributed by atoms with Gasteiger partial charge in [-0.3, -0.25) is 20.9 Å². The summed E-state index contributed by atoms with van der Waals surface area (Å²) < 4.78 is 2.73. The van der Waals surface area contributed by atoms with Crippen LogP contribution >= 0.6 is 15.9 Å². The monoisotopic (exact) mass is 295 g/mol. The molecule has 0 aliphatic carbocycles. The molecule has 2 aromatic rings. The molecule has 0 saturated heterocycles. The van der Waals surface area contributed by atoms with Crippen LogP contribution in [0.2, 0.25) is 0 Å². The Hall–Kier alpha value is -1.24. The molecule has 0 radical (unpaired) electrons. The van der Waals surface area contributed by atoms with Crippen LogP contribution in [0.15, 0.2) is 35.1 Å². The standard InChI is InChI=1S/C11H14BrN5/c1-17-5-4-9(16-17)6-11(15-13)10-3-2-8(12)7-14-10/h2-5,7,11,15H,6,13H2,1H3. The summed E-state index contributed by atoms with van der Waals surface area (Å²) in [6.07, 6.45) is 4.39. The van der Waals surface area contributed by atoms with E-state index >= 15 is 0 Å². The molecule has 0 amide bonds. The van der Waals surface area contributed by atoms with Crippen molar-refractivity contribution in [2.45, 2.75) is 12.5 Å². The van der Waals surface area contributed by atoms with Gasteiger partial charge in [-0.2, -0.15) is 5.10 Å². The van der Waals surface area contributed by atoms with Crippen LogP contribution in [0, 0.1) is 0 Å². The Balaban J connectivity index is 2.13. The van der Waals surface area contributed by atoms with Crippen molar-refractivity contribution in [3.8, 4) is 0 Å². The van der Waals surface area contributed by atoms with E-state index < -0.39 is 0 Å². The van der Waals surface area contributed by atoms with Gasteiger partial charge in [-0.25, -0.2) is 0 Å². The molecule has 5 nitrogen and oxygen atoms in total. The fraction of sp³-hybridized carbons (Fsp3) is 0.273. The van der Waals surface area contributed by atoms with Gasteiger partial charge in [-0.05, 0) is 34.1 Å². The van der Waals surface area contributed by atoms with E-state index in [0.29, 0.717) is 6.42 Å². The average Bonchev–Trinajstić information content (AvgIpc) is 2.73. The molecule has 90 valence electrons. The molecule has 3 N–H and O–H groups in total. The number of rotatable bonds is 4. The highest BCUT2D eigenvalue weighted by molar-refractivity contribution is 9.10. The van der Waals surface area contributed by atoms with Crippen molar-refractivity contribution < 1.29 is 0 Å². The first-order chi connectivity index (χ1) is 8.19.